The third-order valence-corrected chi connectivity index (χ3v) is 3.09. The van der Waals surface area contributed by atoms with E-state index in [0.717, 1.165) is 0 Å². The number of nitro benzene ring substituents is 1. The number of hydrogen-bond donors (Lipinski definition) is 1. The Morgan fingerprint density at radius 1 is 1.50 bits per heavy atom. The number of nitrogens with zero attached hydrogens (tertiary/aromatic N) is 3. The highest BCUT2D eigenvalue weighted by atomic mass is 32.1. The molecule has 0 aliphatic heterocycles. The smallest absolute Gasteiger partial charge is 0.270 e. The number of aromatic nitrogens is 2. The van der Waals surface area contributed by atoms with Gasteiger partial charge in [0.2, 0.25) is 5.13 Å². The largest absolute Gasteiger partial charge is 0.377 e. The lowest BCUT2D eigenvalue weighted by atomic mass is 10.2. The number of hydrogen-bond acceptors (Lipinski definition) is 7. The van der Waals surface area contributed by atoms with Gasteiger partial charge in [0.05, 0.1) is 4.92 Å². The number of carbonyl (C=O) groups excluding carboxylic acids is 1. The van der Waals surface area contributed by atoms with Gasteiger partial charge in [-0.15, -0.1) is 10.2 Å². The number of rotatable bonds is 5. The maximum Gasteiger partial charge on any atom is 0.270 e. The van der Waals surface area contributed by atoms with Gasteiger partial charge < -0.3 is 4.74 Å². The summed E-state index contributed by atoms with van der Waals surface area (Å²) in [6.45, 7) is 0.310. The molecule has 1 aromatic carbocycles. The van der Waals surface area contributed by atoms with E-state index in [1.165, 1.54) is 42.7 Å². The first kappa shape index (κ1) is 14.0. The van der Waals surface area contributed by atoms with E-state index in [-0.39, 0.29) is 11.3 Å². The zero-order valence-electron chi connectivity index (χ0n) is 10.4. The van der Waals surface area contributed by atoms with E-state index in [1.54, 1.807) is 0 Å². The van der Waals surface area contributed by atoms with Crippen LogP contribution in [0.15, 0.2) is 24.3 Å². The summed E-state index contributed by atoms with van der Waals surface area (Å²) in [6.07, 6.45) is 0. The summed E-state index contributed by atoms with van der Waals surface area (Å²) in [5, 5.41) is 21.7. The van der Waals surface area contributed by atoms with Crippen molar-refractivity contribution < 1.29 is 14.5 Å². The van der Waals surface area contributed by atoms with Gasteiger partial charge in [0.25, 0.3) is 11.6 Å². The highest BCUT2D eigenvalue weighted by Crippen LogP contribution is 2.18. The number of nitrogens with one attached hydrogen (secondary N) is 1. The van der Waals surface area contributed by atoms with Gasteiger partial charge >= 0.3 is 0 Å². The molecule has 0 radical (unpaired) electrons. The van der Waals surface area contributed by atoms with Gasteiger partial charge in [-0.2, -0.15) is 0 Å². The fraction of sp³-hybridized carbons (Fsp3) is 0.182. The summed E-state index contributed by atoms with van der Waals surface area (Å²) in [5.41, 5.74) is 0.0395. The molecule has 0 saturated carbocycles. The molecule has 9 heteroatoms. The van der Waals surface area contributed by atoms with Crippen molar-refractivity contribution in [3.63, 3.8) is 0 Å². The zero-order valence-corrected chi connectivity index (χ0v) is 11.2. The molecule has 2 rings (SSSR count). The van der Waals surface area contributed by atoms with Gasteiger partial charge in [-0.3, -0.25) is 20.2 Å². The quantitative estimate of drug-likeness (QED) is 0.666. The number of methoxy groups -OCH3 is 1. The average molecular weight is 294 g/mol. The Bertz CT molecular complexity index is 643. The molecule has 0 unspecified atom stereocenters. The molecular formula is C11H10N4O4S. The number of ether oxygens (including phenoxy) is 1. The van der Waals surface area contributed by atoms with Gasteiger partial charge in [0.1, 0.15) is 11.6 Å². The molecular weight excluding hydrogens is 284 g/mol. The molecule has 0 spiro atoms. The van der Waals surface area contributed by atoms with Crippen LogP contribution < -0.4 is 5.32 Å². The normalized spacial score (nSPS) is 10.2. The van der Waals surface area contributed by atoms with Crippen molar-refractivity contribution in [2.75, 3.05) is 12.4 Å². The van der Waals surface area contributed by atoms with E-state index in [0.29, 0.717) is 16.7 Å². The molecule has 0 saturated heterocycles. The molecule has 8 nitrogen and oxygen atoms in total. The van der Waals surface area contributed by atoms with Gasteiger partial charge in [0, 0.05) is 24.8 Å². The topological polar surface area (TPSA) is 107 Å². The number of nitro groups is 1. The predicted molar refractivity (Wildman–Crippen MR) is 71.7 cm³/mol. The fourth-order valence-electron chi connectivity index (χ4n) is 1.42. The van der Waals surface area contributed by atoms with Gasteiger partial charge in [-0.25, -0.2) is 0 Å². The molecule has 0 aliphatic rings. The van der Waals surface area contributed by atoms with Crippen molar-refractivity contribution in [2.24, 2.45) is 0 Å². The van der Waals surface area contributed by atoms with E-state index in [2.05, 4.69) is 15.5 Å². The lowest BCUT2D eigenvalue weighted by Gasteiger charge is -2.00. The van der Waals surface area contributed by atoms with Crippen LogP contribution in [0.5, 0.6) is 0 Å². The maximum absolute atomic E-state index is 11.9. The molecule has 2 aromatic rings. The van der Waals surface area contributed by atoms with Gasteiger partial charge in [-0.05, 0) is 6.07 Å². The van der Waals surface area contributed by atoms with Crippen molar-refractivity contribution in [3.8, 4) is 0 Å². The van der Waals surface area contributed by atoms with Crippen molar-refractivity contribution in [3.05, 3.63) is 45.0 Å². The standard InChI is InChI=1S/C11H10N4O4S/c1-19-6-9-13-14-11(20-9)12-10(16)7-3-2-4-8(5-7)15(17)18/h2-5H,6H2,1H3,(H,12,14,16). The van der Waals surface area contributed by atoms with Crippen LogP contribution in [0.3, 0.4) is 0 Å². The Labute approximate surface area is 117 Å². The van der Waals surface area contributed by atoms with E-state index < -0.39 is 10.8 Å². The van der Waals surface area contributed by atoms with Crippen LogP contribution in [0.25, 0.3) is 0 Å². The van der Waals surface area contributed by atoms with Gasteiger partial charge in [0.15, 0.2) is 0 Å². The second kappa shape index (κ2) is 6.17. The molecule has 0 fully saturated rings. The second-order valence-electron chi connectivity index (χ2n) is 3.70. The molecule has 0 bridgehead atoms. The van der Waals surface area contributed by atoms with E-state index in [1.807, 2.05) is 0 Å². The Morgan fingerprint density at radius 2 is 2.30 bits per heavy atom. The molecule has 1 heterocycles. The van der Waals surface area contributed by atoms with Crippen LogP contribution in [-0.2, 0) is 11.3 Å². The minimum Gasteiger partial charge on any atom is -0.377 e. The average Bonchev–Trinajstić information content (AvgIpc) is 2.86. The molecule has 104 valence electrons. The molecule has 0 aliphatic carbocycles. The van der Waals surface area contributed by atoms with Gasteiger partial charge in [-0.1, -0.05) is 17.4 Å². The molecule has 20 heavy (non-hydrogen) atoms. The van der Waals surface area contributed by atoms with Crippen LogP contribution in [0.1, 0.15) is 15.4 Å². The first-order chi connectivity index (χ1) is 9.60. The SMILES string of the molecule is COCc1nnc(NC(=O)c2cccc([N+](=O)[O-])c2)s1. The van der Waals surface area contributed by atoms with Crippen LogP contribution in [0.2, 0.25) is 0 Å². The van der Waals surface area contributed by atoms with Crippen molar-refractivity contribution in [1.29, 1.82) is 0 Å². The van der Waals surface area contributed by atoms with Crippen molar-refractivity contribution >= 4 is 28.1 Å². The van der Waals surface area contributed by atoms with Crippen LogP contribution in [0, 0.1) is 10.1 Å². The third-order valence-electron chi connectivity index (χ3n) is 2.27. The van der Waals surface area contributed by atoms with Crippen LogP contribution >= 0.6 is 11.3 Å². The maximum atomic E-state index is 11.9. The molecule has 1 aromatic heterocycles. The summed E-state index contributed by atoms with van der Waals surface area (Å²) in [7, 11) is 1.53. The van der Waals surface area contributed by atoms with E-state index in [9.17, 15) is 14.9 Å². The number of benzene rings is 1. The fourth-order valence-corrected chi connectivity index (χ4v) is 2.12. The van der Waals surface area contributed by atoms with Crippen molar-refractivity contribution in [1.82, 2.24) is 10.2 Å². The Balaban J connectivity index is 2.11. The summed E-state index contributed by atoms with van der Waals surface area (Å²) < 4.78 is 4.89. The molecule has 1 amide bonds. The lowest BCUT2D eigenvalue weighted by molar-refractivity contribution is -0.384. The molecule has 1 N–H and O–H groups in total. The zero-order chi connectivity index (χ0) is 14.5. The highest BCUT2D eigenvalue weighted by Gasteiger charge is 2.13. The van der Waals surface area contributed by atoms with Crippen LogP contribution in [0.4, 0.5) is 10.8 Å². The minimum atomic E-state index is -0.557. The number of anilines is 1. The summed E-state index contributed by atoms with van der Waals surface area (Å²) in [5.74, 6) is -0.478. The Morgan fingerprint density at radius 3 is 3.00 bits per heavy atom. The Kier molecular flexibility index (Phi) is 4.33. The number of non-ortho nitro benzene ring substituents is 1. The minimum absolute atomic E-state index is 0.144. The van der Waals surface area contributed by atoms with Crippen LogP contribution in [-0.4, -0.2) is 28.1 Å². The lowest BCUT2D eigenvalue weighted by Crippen LogP contribution is -2.11. The summed E-state index contributed by atoms with van der Waals surface area (Å²) in [6, 6.07) is 5.45. The number of carbonyl (C=O) groups is 1. The highest BCUT2D eigenvalue weighted by molar-refractivity contribution is 7.15. The monoisotopic (exact) mass is 294 g/mol. The van der Waals surface area contributed by atoms with E-state index in [4.69, 9.17) is 4.74 Å². The van der Waals surface area contributed by atoms with Crippen molar-refractivity contribution in [2.45, 2.75) is 6.61 Å². The third kappa shape index (κ3) is 3.33. The summed E-state index contributed by atoms with van der Waals surface area (Å²) in [4.78, 5) is 22.0. The predicted octanol–water partition coefficient (Wildman–Crippen LogP) is 1.84. The second-order valence-corrected chi connectivity index (χ2v) is 4.76. The van der Waals surface area contributed by atoms with E-state index >= 15 is 0 Å². The summed E-state index contributed by atoms with van der Waals surface area (Å²) >= 11 is 1.18. The first-order valence-electron chi connectivity index (χ1n) is 5.47. The molecule has 0 atom stereocenters. The first-order valence-corrected chi connectivity index (χ1v) is 6.29. The Hall–Kier alpha value is -2.39. The number of amides is 1.